The van der Waals surface area contributed by atoms with E-state index in [1.165, 1.54) is 0 Å². The molecule has 66 heavy (non-hydrogen) atoms. The standard InChI is InChI=1S/C56H32N10/c1-3-27-7-11-41-47-37-23-33-22-32-18-30-20-44-36(14-16-58-44)46(50(30)60-32)40-10-6-26-2-4-28-8-12-42(66-54(28)52(26)64-40)48(56(37)62-33)38-24-34(61-55(38)47)21-31-17-29-19-43-35(13-15-57-43)45(49(29)59-31)39-9-5-25(1)51(63-39)53(27)65-41/h1-20,23-24,57-62H,21-22H2. The van der Waals surface area contributed by atoms with Crippen LogP contribution in [0.3, 0.4) is 0 Å². The van der Waals surface area contributed by atoms with Crippen LogP contribution in [0.25, 0.3) is 154 Å². The molecule has 0 atom stereocenters. The summed E-state index contributed by atoms with van der Waals surface area (Å²) in [7, 11) is 0. The van der Waals surface area contributed by atoms with Gasteiger partial charge in [0.25, 0.3) is 0 Å². The summed E-state index contributed by atoms with van der Waals surface area (Å²) >= 11 is 0. The molecule has 10 heteroatoms. The van der Waals surface area contributed by atoms with Crippen LogP contribution in [-0.2, 0) is 12.8 Å². The van der Waals surface area contributed by atoms with Gasteiger partial charge in [-0.2, -0.15) is 0 Å². The van der Waals surface area contributed by atoms with Crippen molar-refractivity contribution >= 4 is 109 Å². The molecule has 0 radical (unpaired) electrons. The lowest BCUT2D eigenvalue weighted by Crippen LogP contribution is -1.95. The van der Waals surface area contributed by atoms with Gasteiger partial charge in [-0.1, -0.05) is 48.5 Å². The summed E-state index contributed by atoms with van der Waals surface area (Å²) in [6.07, 6.45) is 5.35. The Balaban J connectivity index is 1.02. The van der Waals surface area contributed by atoms with Crippen molar-refractivity contribution in [3.63, 3.8) is 0 Å². The Kier molecular flexibility index (Phi) is 5.87. The molecular formula is C56H32N10. The molecule has 0 aliphatic carbocycles. The van der Waals surface area contributed by atoms with E-state index in [1.807, 2.05) is 12.4 Å². The molecule has 15 aromatic rings. The molecule has 10 nitrogen and oxygen atoms in total. The monoisotopic (exact) mass is 844 g/mol. The van der Waals surface area contributed by atoms with Crippen molar-refractivity contribution in [1.82, 2.24) is 49.8 Å². The largest absolute Gasteiger partial charge is 0.361 e. The third kappa shape index (κ3) is 4.30. The van der Waals surface area contributed by atoms with Crippen molar-refractivity contribution in [3.05, 3.63) is 156 Å². The maximum atomic E-state index is 5.62. The Bertz CT molecular complexity index is 4420. The van der Waals surface area contributed by atoms with Crippen LogP contribution in [0.4, 0.5) is 0 Å². The summed E-state index contributed by atoms with van der Waals surface area (Å²) in [5.41, 5.74) is 22.1. The highest BCUT2D eigenvalue weighted by molar-refractivity contribution is 6.21. The van der Waals surface area contributed by atoms with E-state index in [-0.39, 0.29) is 0 Å². The molecule has 2 aliphatic rings. The highest BCUT2D eigenvalue weighted by atomic mass is 14.8. The van der Waals surface area contributed by atoms with Gasteiger partial charge < -0.3 is 29.9 Å². The smallest absolute Gasteiger partial charge is 0.0972 e. The minimum absolute atomic E-state index is 0.659. The Labute approximate surface area is 371 Å². The molecule has 0 spiro atoms. The summed E-state index contributed by atoms with van der Waals surface area (Å²) < 4.78 is 0. The zero-order valence-corrected chi connectivity index (χ0v) is 34.9. The fourth-order valence-corrected chi connectivity index (χ4v) is 11.7. The topological polar surface area (TPSA) is 146 Å². The predicted octanol–water partition coefficient (Wildman–Crippen LogP) is 13.2. The first-order valence-electron chi connectivity index (χ1n) is 22.5. The first-order chi connectivity index (χ1) is 32.6. The zero-order valence-electron chi connectivity index (χ0n) is 34.9. The Morgan fingerprint density at radius 1 is 0.303 bits per heavy atom. The van der Waals surface area contributed by atoms with Gasteiger partial charge in [-0.15, -0.1) is 0 Å². The van der Waals surface area contributed by atoms with Crippen molar-refractivity contribution in [1.29, 1.82) is 0 Å². The number of rotatable bonds is 0. The number of H-pyrrole nitrogens is 6. The Morgan fingerprint density at radius 2 is 0.636 bits per heavy atom. The van der Waals surface area contributed by atoms with Gasteiger partial charge >= 0.3 is 0 Å². The molecule has 2 aliphatic heterocycles. The third-order valence-electron chi connectivity index (χ3n) is 14.6. The molecule has 12 heterocycles. The molecule has 0 fully saturated rings. The van der Waals surface area contributed by atoms with Gasteiger partial charge in [-0.25, -0.2) is 19.9 Å². The van der Waals surface area contributed by atoms with Gasteiger partial charge in [0, 0.05) is 135 Å². The van der Waals surface area contributed by atoms with Gasteiger partial charge in [0.15, 0.2) is 0 Å². The van der Waals surface area contributed by atoms with Crippen LogP contribution < -0.4 is 0 Å². The SMILES string of the molecule is c1cc2c3c4[nH]c(cc4cc2[nH]1)Cc1cc2c4c5[nH]c(cc5c(c2[nH]1)-c1ccc2ccc5ccc-3nc5c2n1)Cc1cc2cc3[nH]ccc3c(c2[nH]1)-c1ccc2ccc3ccc-4nc3c2n1. The van der Waals surface area contributed by atoms with Crippen molar-refractivity contribution in [2.75, 3.05) is 0 Å². The number of aromatic amines is 6. The maximum absolute atomic E-state index is 5.62. The average Bonchev–Trinajstić information content (AvgIpc) is 4.21. The van der Waals surface area contributed by atoms with Crippen LogP contribution in [-0.4, -0.2) is 49.8 Å². The van der Waals surface area contributed by atoms with E-state index >= 15 is 0 Å². The van der Waals surface area contributed by atoms with Crippen molar-refractivity contribution in [3.8, 4) is 45.0 Å². The normalized spacial score (nSPS) is 13.3. The first kappa shape index (κ1) is 33.5. The fraction of sp³-hybridized carbons (Fsp3) is 0.0357. The van der Waals surface area contributed by atoms with Crippen molar-refractivity contribution in [2.24, 2.45) is 0 Å². The molecule has 0 unspecified atom stereocenters. The van der Waals surface area contributed by atoms with Crippen LogP contribution in [0.5, 0.6) is 0 Å². The molecule has 5 aromatic carbocycles. The van der Waals surface area contributed by atoms with Crippen LogP contribution >= 0.6 is 0 Å². The molecule has 0 saturated heterocycles. The van der Waals surface area contributed by atoms with Crippen LogP contribution in [0.1, 0.15) is 22.8 Å². The van der Waals surface area contributed by atoms with E-state index < -0.39 is 0 Å². The van der Waals surface area contributed by atoms with E-state index in [0.29, 0.717) is 12.8 Å². The maximum Gasteiger partial charge on any atom is 0.0972 e. The van der Waals surface area contributed by atoms with E-state index in [2.05, 4.69) is 151 Å². The molecule has 16 bridgehead atoms. The summed E-state index contributed by atoms with van der Waals surface area (Å²) in [5, 5.41) is 10.9. The minimum Gasteiger partial charge on any atom is -0.361 e. The molecular weight excluding hydrogens is 813 g/mol. The number of nitrogens with zero attached hydrogens (tertiary/aromatic N) is 4. The van der Waals surface area contributed by atoms with Crippen LogP contribution in [0.15, 0.2) is 134 Å². The second kappa shape index (κ2) is 11.6. The van der Waals surface area contributed by atoms with E-state index in [0.717, 1.165) is 177 Å². The number of aromatic nitrogens is 10. The fourth-order valence-electron chi connectivity index (χ4n) is 11.7. The summed E-state index contributed by atoms with van der Waals surface area (Å²) in [6.45, 7) is 0. The van der Waals surface area contributed by atoms with Gasteiger partial charge in [-0.05, 0) is 72.8 Å². The summed E-state index contributed by atoms with van der Waals surface area (Å²) in [5.74, 6) is 0. The lowest BCUT2D eigenvalue weighted by atomic mass is 9.95. The van der Waals surface area contributed by atoms with Gasteiger partial charge in [0.2, 0.25) is 0 Å². The molecule has 17 rings (SSSR count). The van der Waals surface area contributed by atoms with E-state index in [4.69, 9.17) is 19.9 Å². The van der Waals surface area contributed by atoms with Gasteiger partial charge in [-0.3, -0.25) is 0 Å². The number of hydrogen-bond acceptors (Lipinski definition) is 4. The van der Waals surface area contributed by atoms with Crippen molar-refractivity contribution < 1.29 is 0 Å². The lowest BCUT2D eigenvalue weighted by Gasteiger charge is -2.14. The van der Waals surface area contributed by atoms with Crippen LogP contribution in [0, 0.1) is 0 Å². The predicted molar refractivity (Wildman–Crippen MR) is 266 cm³/mol. The number of nitrogens with one attached hydrogen (secondary N) is 6. The Morgan fingerprint density at radius 3 is 1.03 bits per heavy atom. The average molecular weight is 845 g/mol. The first-order valence-corrected chi connectivity index (χ1v) is 22.5. The molecule has 10 aromatic heterocycles. The number of benzene rings is 5. The Hall–Kier alpha value is -9.02. The zero-order chi connectivity index (χ0) is 42.5. The molecule has 306 valence electrons. The highest BCUT2D eigenvalue weighted by Gasteiger charge is 2.26. The summed E-state index contributed by atoms with van der Waals surface area (Å²) in [4.78, 5) is 45.0. The molecule has 0 saturated carbocycles. The second-order valence-electron chi connectivity index (χ2n) is 18.4. The van der Waals surface area contributed by atoms with Gasteiger partial charge in [0.1, 0.15) is 0 Å². The molecule has 0 amide bonds. The van der Waals surface area contributed by atoms with Crippen LogP contribution in [0.2, 0.25) is 0 Å². The number of pyridine rings is 4. The van der Waals surface area contributed by atoms with Gasteiger partial charge in [0.05, 0.1) is 66.9 Å². The second-order valence-corrected chi connectivity index (χ2v) is 18.4. The number of hydrogen-bond donors (Lipinski definition) is 6. The minimum atomic E-state index is 0.659. The highest BCUT2D eigenvalue weighted by Crippen LogP contribution is 2.46. The van der Waals surface area contributed by atoms with Crippen molar-refractivity contribution in [2.45, 2.75) is 12.8 Å². The quantitative estimate of drug-likeness (QED) is 0.0844. The van der Waals surface area contributed by atoms with E-state index in [1.54, 1.807) is 0 Å². The summed E-state index contributed by atoms with van der Waals surface area (Å²) in [6, 6.07) is 44.1. The lowest BCUT2D eigenvalue weighted by molar-refractivity contribution is 1.07. The van der Waals surface area contributed by atoms with E-state index in [9.17, 15) is 0 Å². The number of fused-ring (bicyclic) bond motifs is 18. The molecule has 6 N–H and O–H groups in total. The third-order valence-corrected chi connectivity index (χ3v) is 14.6.